The number of aromatic hydroxyl groups is 1. The van der Waals surface area contributed by atoms with E-state index in [2.05, 4.69) is 0 Å². The van der Waals surface area contributed by atoms with Gasteiger partial charge in [-0.1, -0.05) is 29.7 Å². The Morgan fingerprint density at radius 2 is 1.76 bits per heavy atom. The Kier molecular flexibility index (Phi) is 11.9. The quantitative estimate of drug-likeness (QED) is 0.289. The van der Waals surface area contributed by atoms with Crippen LogP contribution in [0.15, 0.2) is 47.1 Å². The van der Waals surface area contributed by atoms with Crippen LogP contribution >= 0.6 is 0 Å². The van der Waals surface area contributed by atoms with Crippen molar-refractivity contribution in [2.24, 2.45) is 5.92 Å². The van der Waals surface area contributed by atoms with Gasteiger partial charge in [-0.3, -0.25) is 9.59 Å². The Balaban J connectivity index is 2.56. The lowest BCUT2D eigenvalue weighted by atomic mass is 9.93. The molecular weight excluding hydrogens is 416 g/mol. The maximum absolute atomic E-state index is 12.4. The molecule has 0 aliphatic rings. The molecule has 5 heteroatoms. The predicted molar refractivity (Wildman–Crippen MR) is 134 cm³/mol. The highest BCUT2D eigenvalue weighted by atomic mass is 16.5. The third-order valence-corrected chi connectivity index (χ3v) is 5.61. The largest absolute Gasteiger partial charge is 0.507 e. The van der Waals surface area contributed by atoms with E-state index in [4.69, 9.17) is 4.74 Å². The standard InChI is InChI=1S/C28H40O5/c1-18(2)13-26(30)28(32)21(5)10-8-9-19(3)14-24(29)15-20(4)11-12-23-17-25(33-7)16-22(6)27(23)31/h11,13-14,16-17,21,28,31-32H,8-10,12,15H2,1-7H3/b19-14+,20-11+/t21-,28+/m1/s1. The number of methoxy groups -OCH3 is 1. The van der Waals surface area contributed by atoms with E-state index in [0.29, 0.717) is 25.0 Å². The smallest absolute Gasteiger partial charge is 0.184 e. The molecule has 0 aromatic heterocycles. The normalized spacial score (nSPS) is 13.9. The van der Waals surface area contributed by atoms with Crippen LogP contribution in [-0.4, -0.2) is 35.0 Å². The van der Waals surface area contributed by atoms with E-state index in [1.807, 2.05) is 53.7 Å². The van der Waals surface area contributed by atoms with Gasteiger partial charge in [0.1, 0.15) is 17.6 Å². The molecule has 0 saturated carbocycles. The number of hydrogen-bond donors (Lipinski definition) is 2. The van der Waals surface area contributed by atoms with Crippen LogP contribution in [0.3, 0.4) is 0 Å². The van der Waals surface area contributed by atoms with E-state index in [0.717, 1.165) is 40.7 Å². The molecule has 182 valence electrons. The molecular formula is C28H40O5. The second-order valence-electron chi connectivity index (χ2n) is 9.28. The van der Waals surface area contributed by atoms with Crippen molar-refractivity contribution in [3.63, 3.8) is 0 Å². The van der Waals surface area contributed by atoms with Gasteiger partial charge < -0.3 is 14.9 Å². The van der Waals surface area contributed by atoms with Crippen LogP contribution in [-0.2, 0) is 16.0 Å². The Labute approximate surface area is 198 Å². The molecule has 0 saturated heterocycles. The third kappa shape index (κ3) is 10.2. The molecule has 5 nitrogen and oxygen atoms in total. The van der Waals surface area contributed by atoms with Crippen molar-refractivity contribution >= 4 is 11.6 Å². The number of ether oxygens (including phenoxy) is 1. The number of phenols is 1. The van der Waals surface area contributed by atoms with Crippen LogP contribution in [0, 0.1) is 12.8 Å². The van der Waals surface area contributed by atoms with Crippen LogP contribution < -0.4 is 4.74 Å². The van der Waals surface area contributed by atoms with Gasteiger partial charge in [0.2, 0.25) is 0 Å². The number of hydrogen-bond acceptors (Lipinski definition) is 5. The number of aliphatic hydroxyl groups is 1. The maximum Gasteiger partial charge on any atom is 0.184 e. The van der Waals surface area contributed by atoms with Crippen molar-refractivity contribution in [1.29, 1.82) is 0 Å². The number of benzene rings is 1. The van der Waals surface area contributed by atoms with Gasteiger partial charge in [0, 0.05) is 12.0 Å². The highest BCUT2D eigenvalue weighted by molar-refractivity contribution is 5.94. The van der Waals surface area contributed by atoms with E-state index >= 15 is 0 Å². The van der Waals surface area contributed by atoms with Crippen molar-refractivity contribution in [2.75, 3.05) is 7.11 Å². The summed E-state index contributed by atoms with van der Waals surface area (Å²) in [5, 5.41) is 20.4. The fourth-order valence-electron chi connectivity index (χ4n) is 3.63. The zero-order valence-corrected chi connectivity index (χ0v) is 21.2. The molecule has 1 aromatic rings. The van der Waals surface area contributed by atoms with Gasteiger partial charge in [0.15, 0.2) is 11.6 Å². The molecule has 2 atom stereocenters. The molecule has 0 aliphatic carbocycles. The molecule has 0 radical (unpaired) electrons. The lowest BCUT2D eigenvalue weighted by molar-refractivity contribution is -0.124. The number of aryl methyl sites for hydroxylation is 1. The van der Waals surface area contributed by atoms with Gasteiger partial charge in [-0.15, -0.1) is 0 Å². The first-order valence-corrected chi connectivity index (χ1v) is 11.5. The van der Waals surface area contributed by atoms with Gasteiger partial charge in [-0.25, -0.2) is 0 Å². The van der Waals surface area contributed by atoms with Crippen molar-refractivity contribution in [1.82, 2.24) is 0 Å². The summed E-state index contributed by atoms with van der Waals surface area (Å²) in [5.41, 5.74) is 4.34. The van der Waals surface area contributed by atoms with Gasteiger partial charge in [0.05, 0.1) is 7.11 Å². The molecule has 2 N–H and O–H groups in total. The van der Waals surface area contributed by atoms with E-state index in [1.54, 1.807) is 19.3 Å². The molecule has 0 spiro atoms. The molecule has 0 unspecified atom stereocenters. The molecule has 33 heavy (non-hydrogen) atoms. The van der Waals surface area contributed by atoms with Gasteiger partial charge >= 0.3 is 0 Å². The Hall–Kier alpha value is -2.66. The van der Waals surface area contributed by atoms with E-state index in [-0.39, 0.29) is 23.2 Å². The fraction of sp³-hybridized carbons (Fsp3) is 0.500. The minimum atomic E-state index is -0.980. The summed E-state index contributed by atoms with van der Waals surface area (Å²) in [6.45, 7) is 11.2. The first-order valence-electron chi connectivity index (χ1n) is 11.5. The maximum atomic E-state index is 12.4. The van der Waals surface area contributed by atoms with Crippen molar-refractivity contribution in [2.45, 2.75) is 79.8 Å². The number of ketones is 2. The Morgan fingerprint density at radius 3 is 2.36 bits per heavy atom. The third-order valence-electron chi connectivity index (χ3n) is 5.61. The molecule has 0 aliphatic heterocycles. The van der Waals surface area contributed by atoms with Gasteiger partial charge in [0.25, 0.3) is 0 Å². The highest BCUT2D eigenvalue weighted by Crippen LogP contribution is 2.28. The summed E-state index contributed by atoms with van der Waals surface area (Å²) in [6.07, 6.45) is 7.26. The predicted octanol–water partition coefficient (Wildman–Crippen LogP) is 5.81. The zero-order valence-electron chi connectivity index (χ0n) is 21.2. The molecule has 1 aromatic carbocycles. The SMILES string of the molecule is COc1cc(C)c(O)c(C/C=C(\C)CC(=O)/C=C(\C)CCC[C@@H](C)[C@H](O)C(=O)C=C(C)C)c1. The number of phenolic OH excluding ortho intramolecular Hbond substituents is 1. The lowest BCUT2D eigenvalue weighted by Crippen LogP contribution is -2.26. The van der Waals surface area contributed by atoms with Gasteiger partial charge in [-0.2, -0.15) is 0 Å². The Morgan fingerprint density at radius 1 is 1.09 bits per heavy atom. The summed E-state index contributed by atoms with van der Waals surface area (Å²) in [5.74, 6) is 0.620. The lowest BCUT2D eigenvalue weighted by Gasteiger charge is -2.16. The average molecular weight is 457 g/mol. The zero-order chi connectivity index (χ0) is 25.1. The molecule has 0 fully saturated rings. The number of carbonyl (C=O) groups excluding carboxylic acids is 2. The van der Waals surface area contributed by atoms with Crippen LogP contribution in [0.4, 0.5) is 0 Å². The first-order chi connectivity index (χ1) is 15.4. The van der Waals surface area contributed by atoms with E-state index in [1.165, 1.54) is 6.08 Å². The Bertz CT molecular complexity index is 916. The van der Waals surface area contributed by atoms with Crippen LogP contribution in [0.25, 0.3) is 0 Å². The van der Waals surface area contributed by atoms with E-state index < -0.39 is 6.10 Å². The monoisotopic (exact) mass is 456 g/mol. The minimum Gasteiger partial charge on any atom is -0.507 e. The number of rotatable bonds is 13. The average Bonchev–Trinajstić information content (AvgIpc) is 2.73. The topological polar surface area (TPSA) is 83.8 Å². The summed E-state index contributed by atoms with van der Waals surface area (Å²) >= 11 is 0. The fourth-order valence-corrected chi connectivity index (χ4v) is 3.63. The van der Waals surface area contributed by atoms with E-state index in [9.17, 15) is 19.8 Å². The summed E-state index contributed by atoms with van der Waals surface area (Å²) in [7, 11) is 1.59. The summed E-state index contributed by atoms with van der Waals surface area (Å²) < 4.78 is 5.27. The molecule has 0 bridgehead atoms. The first kappa shape index (κ1) is 28.4. The minimum absolute atomic E-state index is 0.0408. The highest BCUT2D eigenvalue weighted by Gasteiger charge is 2.20. The van der Waals surface area contributed by atoms with Gasteiger partial charge in [-0.05, 0) is 96.1 Å². The van der Waals surface area contributed by atoms with Crippen LogP contribution in [0.2, 0.25) is 0 Å². The number of aliphatic hydroxyl groups excluding tert-OH is 1. The second-order valence-corrected chi connectivity index (χ2v) is 9.28. The number of allylic oxidation sites excluding steroid dienone is 5. The molecule has 0 amide bonds. The second kappa shape index (κ2) is 13.8. The molecule has 0 heterocycles. The van der Waals surface area contributed by atoms with Crippen LogP contribution in [0.1, 0.15) is 71.4 Å². The summed E-state index contributed by atoms with van der Waals surface area (Å²) in [6, 6.07) is 3.60. The van der Waals surface area contributed by atoms with Crippen molar-refractivity contribution < 1.29 is 24.5 Å². The van der Waals surface area contributed by atoms with Crippen LogP contribution in [0.5, 0.6) is 11.5 Å². The number of carbonyl (C=O) groups is 2. The summed E-state index contributed by atoms with van der Waals surface area (Å²) in [4.78, 5) is 24.4. The van der Waals surface area contributed by atoms with Crippen molar-refractivity contribution in [3.05, 3.63) is 58.2 Å². The van der Waals surface area contributed by atoms with Crippen molar-refractivity contribution in [3.8, 4) is 11.5 Å². The molecule has 1 rings (SSSR count).